The highest BCUT2D eigenvalue weighted by atomic mass is 35.5. The summed E-state index contributed by atoms with van der Waals surface area (Å²) in [5, 5.41) is 0. The highest BCUT2D eigenvalue weighted by Gasteiger charge is 2.09. The molecule has 2 rings (SSSR count). The number of ketones is 1. The molecular weight excluding hydrogens is 277 g/mol. The Balaban J connectivity index is 0.00000200. The van der Waals surface area contributed by atoms with Crippen molar-refractivity contribution in [2.75, 3.05) is 13.6 Å². The number of hydrogen-bond acceptors (Lipinski definition) is 2. The van der Waals surface area contributed by atoms with Crippen molar-refractivity contribution < 1.29 is 9.18 Å². The Morgan fingerprint density at radius 1 is 1.05 bits per heavy atom. The molecule has 2 nitrogen and oxygen atoms in total. The molecule has 0 unspecified atom stereocenters. The van der Waals surface area contributed by atoms with E-state index in [1.807, 2.05) is 42.3 Å². The molecule has 0 aliphatic heterocycles. The molecule has 0 atom stereocenters. The van der Waals surface area contributed by atoms with Gasteiger partial charge in [-0.15, -0.1) is 12.4 Å². The number of benzene rings is 2. The lowest BCUT2D eigenvalue weighted by molar-refractivity contribution is 0.0943. The molecule has 0 radical (unpaired) electrons. The molecule has 106 valence electrons. The van der Waals surface area contributed by atoms with Gasteiger partial charge in [0.25, 0.3) is 0 Å². The lowest BCUT2D eigenvalue weighted by atomic mass is 10.1. The summed E-state index contributed by atoms with van der Waals surface area (Å²) in [6.07, 6.45) is 0. The Hall–Kier alpha value is -1.71. The predicted molar refractivity (Wildman–Crippen MR) is 80.8 cm³/mol. The molecule has 0 N–H and O–H groups in total. The van der Waals surface area contributed by atoms with Gasteiger partial charge in [-0.3, -0.25) is 9.69 Å². The number of hydrogen-bond donors (Lipinski definition) is 0. The number of rotatable bonds is 5. The van der Waals surface area contributed by atoms with Crippen LogP contribution in [0, 0.1) is 5.82 Å². The van der Waals surface area contributed by atoms with Crippen molar-refractivity contribution in [2.45, 2.75) is 6.54 Å². The van der Waals surface area contributed by atoms with Gasteiger partial charge in [-0.2, -0.15) is 0 Å². The minimum atomic E-state index is -0.325. The maximum Gasteiger partial charge on any atom is 0.176 e. The Bertz CT molecular complexity index is 542. The number of Topliss-reactive ketones (excluding diaryl/α,β-unsaturated/α-hetero) is 1. The second-order valence-electron chi connectivity index (χ2n) is 4.59. The fraction of sp³-hybridized carbons (Fsp3) is 0.188. The first-order valence-electron chi connectivity index (χ1n) is 6.16. The highest BCUT2D eigenvalue weighted by molar-refractivity contribution is 5.97. The smallest absolute Gasteiger partial charge is 0.176 e. The van der Waals surface area contributed by atoms with Crippen LogP contribution in [0.15, 0.2) is 54.6 Å². The van der Waals surface area contributed by atoms with E-state index >= 15 is 0 Å². The van der Waals surface area contributed by atoms with Crippen LogP contribution in [0.5, 0.6) is 0 Å². The summed E-state index contributed by atoms with van der Waals surface area (Å²) < 4.78 is 12.8. The van der Waals surface area contributed by atoms with Crippen LogP contribution in [0.4, 0.5) is 4.39 Å². The van der Waals surface area contributed by atoms with Crippen molar-refractivity contribution in [1.29, 1.82) is 0 Å². The molecule has 0 bridgehead atoms. The molecule has 2 aromatic rings. The highest BCUT2D eigenvalue weighted by Crippen LogP contribution is 2.07. The van der Waals surface area contributed by atoms with Gasteiger partial charge in [0.05, 0.1) is 6.54 Å². The van der Waals surface area contributed by atoms with E-state index in [4.69, 9.17) is 0 Å². The molecule has 0 spiro atoms. The quantitative estimate of drug-likeness (QED) is 0.786. The number of likely N-dealkylation sites (N-methyl/N-ethyl adjacent to an activating group) is 1. The second-order valence-corrected chi connectivity index (χ2v) is 4.59. The van der Waals surface area contributed by atoms with Crippen LogP contribution >= 0.6 is 12.4 Å². The van der Waals surface area contributed by atoms with E-state index < -0.39 is 0 Å². The first-order valence-corrected chi connectivity index (χ1v) is 6.16. The van der Waals surface area contributed by atoms with Crippen molar-refractivity contribution in [3.63, 3.8) is 0 Å². The Labute approximate surface area is 124 Å². The summed E-state index contributed by atoms with van der Waals surface area (Å²) in [6.45, 7) is 1.04. The van der Waals surface area contributed by atoms with Crippen molar-refractivity contribution >= 4 is 18.2 Å². The molecule has 0 aromatic heterocycles. The average Bonchev–Trinajstić information content (AvgIpc) is 2.40. The van der Waals surface area contributed by atoms with E-state index in [0.717, 1.165) is 5.56 Å². The Morgan fingerprint density at radius 3 is 2.25 bits per heavy atom. The molecule has 4 heteroatoms. The summed E-state index contributed by atoms with van der Waals surface area (Å²) in [5.41, 5.74) is 1.71. The van der Waals surface area contributed by atoms with Crippen molar-refractivity contribution in [2.24, 2.45) is 0 Å². The monoisotopic (exact) mass is 293 g/mol. The summed E-state index contributed by atoms with van der Waals surface area (Å²) >= 11 is 0. The normalized spacial score (nSPS) is 10.2. The molecule has 0 heterocycles. The number of nitrogens with zero attached hydrogens (tertiary/aromatic N) is 1. The van der Waals surface area contributed by atoms with Gasteiger partial charge in [-0.25, -0.2) is 4.39 Å². The number of carbonyl (C=O) groups is 1. The Kier molecular flexibility index (Phi) is 6.36. The van der Waals surface area contributed by atoms with Crippen LogP contribution in [0.25, 0.3) is 0 Å². The zero-order chi connectivity index (χ0) is 13.7. The second kappa shape index (κ2) is 7.78. The van der Waals surface area contributed by atoms with Crippen molar-refractivity contribution in [3.05, 3.63) is 71.5 Å². The number of halogens is 2. The van der Waals surface area contributed by atoms with Crippen molar-refractivity contribution in [3.8, 4) is 0 Å². The molecular formula is C16H17ClFNO. The zero-order valence-corrected chi connectivity index (χ0v) is 12.1. The van der Waals surface area contributed by atoms with E-state index in [9.17, 15) is 9.18 Å². The molecule has 0 aliphatic rings. The largest absolute Gasteiger partial charge is 0.295 e. The minimum absolute atomic E-state index is 0. The predicted octanol–water partition coefficient (Wildman–Crippen LogP) is 3.56. The van der Waals surface area contributed by atoms with E-state index in [2.05, 4.69) is 0 Å². The van der Waals surface area contributed by atoms with Crippen LogP contribution < -0.4 is 0 Å². The molecule has 2 aromatic carbocycles. The lowest BCUT2D eigenvalue weighted by Crippen LogP contribution is -2.25. The third kappa shape index (κ3) is 4.76. The topological polar surface area (TPSA) is 20.3 Å². The lowest BCUT2D eigenvalue weighted by Gasteiger charge is -2.15. The van der Waals surface area contributed by atoms with Crippen LogP contribution in [0.2, 0.25) is 0 Å². The van der Waals surface area contributed by atoms with Crippen LogP contribution in [0.1, 0.15) is 15.9 Å². The molecule has 0 amide bonds. The first-order chi connectivity index (χ1) is 9.15. The van der Waals surface area contributed by atoms with Gasteiger partial charge >= 0.3 is 0 Å². The van der Waals surface area contributed by atoms with Crippen molar-refractivity contribution in [1.82, 2.24) is 4.90 Å². The van der Waals surface area contributed by atoms with Gasteiger partial charge in [0.15, 0.2) is 5.78 Å². The van der Waals surface area contributed by atoms with E-state index in [0.29, 0.717) is 18.7 Å². The molecule has 0 saturated carbocycles. The summed E-state index contributed by atoms with van der Waals surface area (Å²) in [5.74, 6) is -0.326. The third-order valence-electron chi connectivity index (χ3n) is 2.88. The van der Waals surface area contributed by atoms with Gasteiger partial charge < -0.3 is 0 Å². The van der Waals surface area contributed by atoms with Crippen LogP contribution in [-0.2, 0) is 6.54 Å². The maximum absolute atomic E-state index is 12.8. The van der Waals surface area contributed by atoms with Gasteiger partial charge in [0.1, 0.15) is 5.82 Å². The van der Waals surface area contributed by atoms with E-state index in [1.165, 1.54) is 24.3 Å². The molecule has 0 saturated heterocycles. The summed E-state index contributed by atoms with van der Waals surface area (Å²) in [4.78, 5) is 13.9. The zero-order valence-electron chi connectivity index (χ0n) is 11.3. The fourth-order valence-electron chi connectivity index (χ4n) is 1.92. The average molecular weight is 294 g/mol. The van der Waals surface area contributed by atoms with E-state index in [1.54, 1.807) is 0 Å². The molecule has 20 heavy (non-hydrogen) atoms. The summed E-state index contributed by atoms with van der Waals surface area (Å²) in [7, 11) is 1.90. The third-order valence-corrected chi connectivity index (χ3v) is 2.88. The van der Waals surface area contributed by atoms with Gasteiger partial charge in [0, 0.05) is 12.1 Å². The van der Waals surface area contributed by atoms with Crippen LogP contribution in [-0.4, -0.2) is 24.3 Å². The maximum atomic E-state index is 12.8. The number of carbonyl (C=O) groups excluding carboxylic acids is 1. The van der Waals surface area contributed by atoms with Crippen LogP contribution in [0.3, 0.4) is 0 Å². The minimum Gasteiger partial charge on any atom is -0.295 e. The SMILES string of the molecule is CN(CC(=O)c1ccc(F)cc1)Cc1ccccc1.Cl. The first kappa shape index (κ1) is 16.3. The van der Waals surface area contributed by atoms with Gasteiger partial charge in [0.2, 0.25) is 0 Å². The fourth-order valence-corrected chi connectivity index (χ4v) is 1.92. The Morgan fingerprint density at radius 2 is 1.65 bits per heavy atom. The molecule has 0 fully saturated rings. The standard InChI is InChI=1S/C16H16FNO.ClH/c1-18(11-13-5-3-2-4-6-13)12-16(19)14-7-9-15(17)10-8-14;/h2-10H,11-12H2,1H3;1H. The summed E-state index contributed by atoms with van der Waals surface area (Å²) in [6, 6.07) is 15.6. The van der Waals surface area contributed by atoms with Gasteiger partial charge in [-0.05, 0) is 36.9 Å². The van der Waals surface area contributed by atoms with E-state index in [-0.39, 0.29) is 24.0 Å². The molecule has 0 aliphatic carbocycles. The van der Waals surface area contributed by atoms with Gasteiger partial charge in [-0.1, -0.05) is 30.3 Å².